The zero-order valence-electron chi connectivity index (χ0n) is 8.96. The average Bonchev–Trinajstić information content (AvgIpc) is 2.15. The predicted octanol–water partition coefficient (Wildman–Crippen LogP) is 2.30. The number of halogens is 2. The van der Waals surface area contributed by atoms with Crippen LogP contribution in [0.15, 0.2) is 18.2 Å². The van der Waals surface area contributed by atoms with Crippen molar-refractivity contribution in [2.24, 2.45) is 0 Å². The Hall–Kier alpha value is -1.16. The van der Waals surface area contributed by atoms with Crippen LogP contribution in [0.4, 0.5) is 8.78 Å². The molecule has 0 spiro atoms. The van der Waals surface area contributed by atoms with Crippen LogP contribution >= 0.6 is 0 Å². The Kier molecular flexibility index (Phi) is 4.49. The minimum Gasteiger partial charge on any atom is -0.488 e. The van der Waals surface area contributed by atoms with Gasteiger partial charge in [-0.15, -0.1) is 0 Å². The Bertz CT molecular complexity index is 295. The van der Waals surface area contributed by atoms with Crippen LogP contribution in [0.3, 0.4) is 0 Å². The maximum atomic E-state index is 13.1. The standard InChI is InChI=1S/C11H15F2NO/c1-14(2)7-4-8-15-11-9(12)5-3-6-10(11)13/h3,5-6H,4,7-8H2,1-2H3. The first-order chi connectivity index (χ1) is 7.11. The molecule has 0 heterocycles. The van der Waals surface area contributed by atoms with Gasteiger partial charge in [-0.1, -0.05) is 6.07 Å². The van der Waals surface area contributed by atoms with Crippen molar-refractivity contribution in [1.82, 2.24) is 4.90 Å². The SMILES string of the molecule is CN(C)CCCOc1c(F)cccc1F. The van der Waals surface area contributed by atoms with E-state index in [9.17, 15) is 8.78 Å². The van der Waals surface area contributed by atoms with Crippen molar-refractivity contribution in [1.29, 1.82) is 0 Å². The number of rotatable bonds is 5. The molecule has 0 aliphatic carbocycles. The maximum absolute atomic E-state index is 13.1. The summed E-state index contributed by atoms with van der Waals surface area (Å²) in [5.74, 6) is -1.59. The molecule has 0 bridgehead atoms. The fraction of sp³-hybridized carbons (Fsp3) is 0.455. The summed E-state index contributed by atoms with van der Waals surface area (Å²) in [7, 11) is 3.87. The van der Waals surface area contributed by atoms with Gasteiger partial charge in [0.1, 0.15) is 0 Å². The average molecular weight is 215 g/mol. The van der Waals surface area contributed by atoms with E-state index in [2.05, 4.69) is 0 Å². The Labute approximate surface area is 88.5 Å². The quantitative estimate of drug-likeness (QED) is 0.699. The molecule has 0 radical (unpaired) electrons. The number of benzene rings is 1. The molecule has 1 rings (SSSR count). The molecule has 2 nitrogen and oxygen atoms in total. The van der Waals surface area contributed by atoms with E-state index in [1.807, 2.05) is 19.0 Å². The van der Waals surface area contributed by atoms with Gasteiger partial charge in [0.2, 0.25) is 0 Å². The van der Waals surface area contributed by atoms with Crippen LogP contribution in [0.2, 0.25) is 0 Å². The molecule has 0 saturated carbocycles. The van der Waals surface area contributed by atoms with E-state index in [-0.39, 0.29) is 5.75 Å². The van der Waals surface area contributed by atoms with Crippen LogP contribution in [0.5, 0.6) is 5.75 Å². The summed E-state index contributed by atoms with van der Waals surface area (Å²) in [5, 5.41) is 0. The normalized spacial score (nSPS) is 10.7. The first-order valence-electron chi connectivity index (χ1n) is 4.83. The Morgan fingerprint density at radius 1 is 1.20 bits per heavy atom. The predicted molar refractivity (Wildman–Crippen MR) is 55.0 cm³/mol. The highest BCUT2D eigenvalue weighted by atomic mass is 19.1. The number of para-hydroxylation sites is 1. The van der Waals surface area contributed by atoms with Crippen LogP contribution < -0.4 is 4.74 Å². The minimum atomic E-state index is -0.653. The summed E-state index contributed by atoms with van der Waals surface area (Å²) in [6.45, 7) is 1.14. The van der Waals surface area contributed by atoms with E-state index in [1.165, 1.54) is 18.2 Å². The van der Waals surface area contributed by atoms with Gasteiger partial charge in [-0.05, 0) is 32.6 Å². The lowest BCUT2D eigenvalue weighted by Gasteiger charge is -2.11. The number of hydrogen-bond donors (Lipinski definition) is 0. The third kappa shape index (κ3) is 3.83. The van der Waals surface area contributed by atoms with Gasteiger partial charge in [-0.2, -0.15) is 0 Å². The van der Waals surface area contributed by atoms with Crippen LogP contribution in [0.25, 0.3) is 0 Å². The lowest BCUT2D eigenvalue weighted by molar-refractivity contribution is 0.259. The van der Waals surface area contributed by atoms with Gasteiger partial charge in [0.05, 0.1) is 6.61 Å². The summed E-state index contributed by atoms with van der Waals surface area (Å²) < 4.78 is 31.2. The maximum Gasteiger partial charge on any atom is 0.190 e. The van der Waals surface area contributed by atoms with Crippen molar-refractivity contribution in [2.45, 2.75) is 6.42 Å². The molecular weight excluding hydrogens is 200 g/mol. The molecule has 0 aromatic heterocycles. The lowest BCUT2D eigenvalue weighted by Crippen LogP contribution is -2.16. The van der Waals surface area contributed by atoms with E-state index in [1.54, 1.807) is 0 Å². The summed E-state index contributed by atoms with van der Waals surface area (Å²) in [5.41, 5.74) is 0. The van der Waals surface area contributed by atoms with Crippen molar-refractivity contribution >= 4 is 0 Å². The third-order valence-corrected chi connectivity index (χ3v) is 1.92. The summed E-state index contributed by atoms with van der Waals surface area (Å²) in [6, 6.07) is 3.69. The monoisotopic (exact) mass is 215 g/mol. The minimum absolute atomic E-state index is 0.281. The molecule has 15 heavy (non-hydrogen) atoms. The van der Waals surface area contributed by atoms with Crippen LogP contribution in [0, 0.1) is 11.6 Å². The van der Waals surface area contributed by atoms with Gasteiger partial charge in [-0.3, -0.25) is 0 Å². The van der Waals surface area contributed by atoms with Crippen LogP contribution in [0.1, 0.15) is 6.42 Å². The molecule has 1 aromatic rings. The molecule has 0 amide bonds. The largest absolute Gasteiger partial charge is 0.488 e. The molecule has 84 valence electrons. The van der Waals surface area contributed by atoms with Crippen molar-refractivity contribution in [2.75, 3.05) is 27.2 Å². The number of hydrogen-bond acceptors (Lipinski definition) is 2. The van der Waals surface area contributed by atoms with Gasteiger partial charge in [-0.25, -0.2) is 8.78 Å². The van der Waals surface area contributed by atoms with E-state index in [0.717, 1.165) is 13.0 Å². The van der Waals surface area contributed by atoms with E-state index in [4.69, 9.17) is 4.74 Å². The number of nitrogens with zero attached hydrogens (tertiary/aromatic N) is 1. The van der Waals surface area contributed by atoms with Crippen molar-refractivity contribution < 1.29 is 13.5 Å². The molecular formula is C11H15F2NO. The topological polar surface area (TPSA) is 12.5 Å². The summed E-state index contributed by atoms with van der Waals surface area (Å²) in [4.78, 5) is 1.99. The summed E-state index contributed by atoms with van der Waals surface area (Å²) in [6.07, 6.45) is 0.737. The first kappa shape index (κ1) is 11.9. The van der Waals surface area contributed by atoms with Gasteiger partial charge in [0.15, 0.2) is 17.4 Å². The van der Waals surface area contributed by atoms with Gasteiger partial charge >= 0.3 is 0 Å². The molecule has 1 aromatic carbocycles. The molecule has 0 aliphatic heterocycles. The van der Waals surface area contributed by atoms with E-state index in [0.29, 0.717) is 6.61 Å². The zero-order valence-corrected chi connectivity index (χ0v) is 8.96. The highest BCUT2D eigenvalue weighted by Gasteiger charge is 2.08. The smallest absolute Gasteiger partial charge is 0.190 e. The van der Waals surface area contributed by atoms with Crippen LogP contribution in [-0.4, -0.2) is 32.1 Å². The molecule has 4 heteroatoms. The van der Waals surface area contributed by atoms with Crippen LogP contribution in [-0.2, 0) is 0 Å². The van der Waals surface area contributed by atoms with Gasteiger partial charge in [0, 0.05) is 6.54 Å². The second-order valence-corrected chi connectivity index (χ2v) is 3.56. The lowest BCUT2D eigenvalue weighted by atomic mass is 10.3. The number of ether oxygens (including phenoxy) is 1. The van der Waals surface area contributed by atoms with Crippen molar-refractivity contribution in [3.63, 3.8) is 0 Å². The molecule has 0 N–H and O–H groups in total. The van der Waals surface area contributed by atoms with Gasteiger partial charge in [0.25, 0.3) is 0 Å². The zero-order chi connectivity index (χ0) is 11.3. The molecule has 0 unspecified atom stereocenters. The Morgan fingerprint density at radius 2 is 1.80 bits per heavy atom. The van der Waals surface area contributed by atoms with Gasteiger partial charge < -0.3 is 9.64 Å². The Balaban J connectivity index is 2.43. The summed E-state index contributed by atoms with van der Waals surface area (Å²) >= 11 is 0. The fourth-order valence-electron chi connectivity index (χ4n) is 1.18. The van der Waals surface area contributed by atoms with Crippen molar-refractivity contribution in [3.8, 4) is 5.75 Å². The fourth-order valence-corrected chi connectivity index (χ4v) is 1.18. The molecule has 0 saturated heterocycles. The molecule has 0 aliphatic rings. The Morgan fingerprint density at radius 3 is 2.33 bits per heavy atom. The molecule has 0 atom stereocenters. The van der Waals surface area contributed by atoms with Crippen molar-refractivity contribution in [3.05, 3.63) is 29.8 Å². The second-order valence-electron chi connectivity index (χ2n) is 3.56. The highest BCUT2D eigenvalue weighted by molar-refractivity contribution is 5.25. The van der Waals surface area contributed by atoms with E-state index >= 15 is 0 Å². The third-order valence-electron chi connectivity index (χ3n) is 1.92. The first-order valence-corrected chi connectivity index (χ1v) is 4.83. The second kappa shape index (κ2) is 5.66. The molecule has 0 fully saturated rings. The van der Waals surface area contributed by atoms with E-state index < -0.39 is 11.6 Å². The highest BCUT2D eigenvalue weighted by Crippen LogP contribution is 2.20.